The third-order valence-electron chi connectivity index (χ3n) is 5.02. The molecule has 0 bridgehead atoms. The lowest BCUT2D eigenvalue weighted by molar-refractivity contribution is -0.183. The maximum absolute atomic E-state index is 12.4. The van der Waals surface area contributed by atoms with Crippen LogP contribution in [-0.4, -0.2) is 70.2 Å². The largest absolute Gasteiger partial charge is 0.478 e. The Morgan fingerprint density at radius 3 is 1.11 bits per heavy atom. The summed E-state index contributed by atoms with van der Waals surface area (Å²) >= 11 is 0. The van der Waals surface area contributed by atoms with Crippen LogP contribution in [-0.2, 0) is 47.8 Å². The minimum Gasteiger partial charge on any atom is -0.478 e. The summed E-state index contributed by atoms with van der Waals surface area (Å²) in [6.07, 6.45) is -1.37. The van der Waals surface area contributed by atoms with Crippen molar-refractivity contribution in [2.45, 2.75) is 39.9 Å². The number of esters is 6. The SMILES string of the molecule is CC(=O)Oc1ccc(/C=C/C(=O)O[C@@H](C(=O)O)[C@@H](OC(=O)/C=C/c2ccc(OC(C)=O)c(OC(C)=O)c2)C(=O)O)cc1OC(C)=O. The lowest BCUT2D eigenvalue weighted by Crippen LogP contribution is -2.45. The van der Waals surface area contributed by atoms with Crippen LogP contribution in [0, 0.1) is 0 Å². The summed E-state index contributed by atoms with van der Waals surface area (Å²) in [5.74, 6) is -10.1. The van der Waals surface area contributed by atoms with Crippen LogP contribution in [0.3, 0.4) is 0 Å². The maximum atomic E-state index is 12.4. The van der Waals surface area contributed by atoms with Crippen molar-refractivity contribution in [3.05, 3.63) is 59.7 Å². The second-order valence-electron chi connectivity index (χ2n) is 8.85. The molecule has 0 aliphatic rings. The molecule has 16 heteroatoms. The van der Waals surface area contributed by atoms with E-state index in [1.165, 1.54) is 36.4 Å². The summed E-state index contributed by atoms with van der Waals surface area (Å²) < 4.78 is 29.3. The first-order chi connectivity index (χ1) is 21.5. The Labute approximate surface area is 259 Å². The highest BCUT2D eigenvalue weighted by atomic mass is 16.6. The molecule has 0 saturated heterocycles. The number of carboxylic acids is 2. The van der Waals surface area contributed by atoms with Crippen LogP contribution >= 0.6 is 0 Å². The molecule has 0 amide bonds. The Morgan fingerprint density at radius 1 is 0.522 bits per heavy atom. The minimum atomic E-state index is -2.49. The fraction of sp³-hybridized carbons (Fsp3) is 0.200. The summed E-state index contributed by atoms with van der Waals surface area (Å²) in [6.45, 7) is 4.43. The minimum absolute atomic E-state index is 0.0996. The average Bonchev–Trinajstić information content (AvgIpc) is 2.93. The quantitative estimate of drug-likeness (QED) is 0.181. The van der Waals surface area contributed by atoms with Crippen LogP contribution in [0.4, 0.5) is 0 Å². The van der Waals surface area contributed by atoms with Crippen LogP contribution in [0.15, 0.2) is 48.6 Å². The van der Waals surface area contributed by atoms with Gasteiger partial charge in [0.1, 0.15) is 0 Å². The topological polar surface area (TPSA) is 232 Å². The van der Waals surface area contributed by atoms with Gasteiger partial charge in [-0.05, 0) is 47.5 Å². The predicted octanol–water partition coefficient (Wildman–Crippen LogP) is 2.11. The molecule has 0 radical (unpaired) electrons. The normalized spacial score (nSPS) is 12.0. The van der Waals surface area contributed by atoms with Gasteiger partial charge in [-0.3, -0.25) is 19.2 Å². The lowest BCUT2D eigenvalue weighted by Gasteiger charge is -2.19. The number of hydrogen-bond acceptors (Lipinski definition) is 14. The summed E-state index contributed by atoms with van der Waals surface area (Å²) in [6, 6.07) is 7.62. The Kier molecular flexibility index (Phi) is 12.9. The van der Waals surface area contributed by atoms with Gasteiger partial charge in [-0.25, -0.2) is 19.2 Å². The smallest absolute Gasteiger partial charge is 0.349 e. The van der Waals surface area contributed by atoms with Crippen molar-refractivity contribution in [1.29, 1.82) is 0 Å². The highest BCUT2D eigenvalue weighted by Gasteiger charge is 2.40. The van der Waals surface area contributed by atoms with Gasteiger partial charge >= 0.3 is 47.8 Å². The van der Waals surface area contributed by atoms with Gasteiger partial charge in [0.15, 0.2) is 23.0 Å². The molecule has 46 heavy (non-hydrogen) atoms. The van der Waals surface area contributed by atoms with E-state index in [1.807, 2.05) is 0 Å². The number of rotatable bonds is 13. The first kappa shape index (κ1) is 35.9. The second kappa shape index (κ2) is 16.5. The van der Waals surface area contributed by atoms with E-state index < -0.39 is 60.0 Å². The van der Waals surface area contributed by atoms with Crippen molar-refractivity contribution < 1.29 is 77.0 Å². The zero-order valence-electron chi connectivity index (χ0n) is 24.5. The molecule has 0 fully saturated rings. The van der Waals surface area contributed by atoms with E-state index in [4.69, 9.17) is 28.4 Å². The van der Waals surface area contributed by atoms with Gasteiger partial charge in [-0.15, -0.1) is 0 Å². The van der Waals surface area contributed by atoms with E-state index in [9.17, 15) is 48.6 Å². The lowest BCUT2D eigenvalue weighted by atomic mass is 10.1. The molecule has 2 atom stereocenters. The van der Waals surface area contributed by atoms with E-state index in [0.29, 0.717) is 0 Å². The monoisotopic (exact) mass is 642 g/mol. The van der Waals surface area contributed by atoms with Crippen LogP contribution in [0.25, 0.3) is 12.2 Å². The molecule has 16 nitrogen and oxygen atoms in total. The second-order valence-corrected chi connectivity index (χ2v) is 8.85. The van der Waals surface area contributed by atoms with Crippen molar-refractivity contribution in [3.63, 3.8) is 0 Å². The average molecular weight is 643 g/mol. The van der Waals surface area contributed by atoms with E-state index in [2.05, 4.69) is 0 Å². The summed E-state index contributed by atoms with van der Waals surface area (Å²) in [4.78, 5) is 93.7. The van der Waals surface area contributed by atoms with Crippen molar-refractivity contribution in [2.75, 3.05) is 0 Å². The predicted molar refractivity (Wildman–Crippen MR) is 151 cm³/mol. The Balaban J connectivity index is 2.20. The van der Waals surface area contributed by atoms with E-state index >= 15 is 0 Å². The number of ether oxygens (including phenoxy) is 6. The molecule has 0 heterocycles. The molecule has 0 saturated carbocycles. The Morgan fingerprint density at radius 2 is 0.826 bits per heavy atom. The first-order valence-corrected chi connectivity index (χ1v) is 12.8. The number of carbonyl (C=O) groups excluding carboxylic acids is 6. The maximum Gasteiger partial charge on any atom is 0.349 e. The standard InChI is InChI=1S/C30H26O16/c1-15(31)41-21-9-5-19(13-23(21)43-17(3)33)7-11-25(35)45-27(29(37)38)28(30(39)40)46-26(36)12-8-20-6-10-22(42-16(2)32)24(14-20)44-18(4)34/h5-14,27-28H,1-4H3,(H,37,38)(H,39,40)/b11-7+,12-8+/t27-,28-/m1/s1. The van der Waals surface area contributed by atoms with Gasteiger partial charge in [-0.1, -0.05) is 12.1 Å². The molecule has 0 spiro atoms. The zero-order chi connectivity index (χ0) is 34.6. The molecule has 2 aromatic rings. The molecule has 0 aliphatic heterocycles. The highest BCUT2D eigenvalue weighted by Crippen LogP contribution is 2.30. The number of aliphatic carboxylic acids is 2. The Hall–Kier alpha value is -6.32. The van der Waals surface area contributed by atoms with Gasteiger partial charge in [0.2, 0.25) is 12.2 Å². The number of benzene rings is 2. The summed E-state index contributed by atoms with van der Waals surface area (Å²) in [5, 5.41) is 19.0. The van der Waals surface area contributed by atoms with Crippen molar-refractivity contribution >= 4 is 59.9 Å². The third kappa shape index (κ3) is 11.8. The van der Waals surface area contributed by atoms with Crippen molar-refractivity contribution in [3.8, 4) is 23.0 Å². The van der Waals surface area contributed by atoms with E-state index in [0.717, 1.165) is 52.0 Å². The van der Waals surface area contributed by atoms with Gasteiger partial charge in [0.25, 0.3) is 0 Å². The molecular weight excluding hydrogens is 616 g/mol. The van der Waals surface area contributed by atoms with Gasteiger partial charge in [-0.2, -0.15) is 0 Å². The molecular formula is C30H26O16. The van der Waals surface area contributed by atoms with Crippen molar-refractivity contribution in [2.24, 2.45) is 0 Å². The fourth-order valence-corrected chi connectivity index (χ4v) is 3.34. The van der Waals surface area contributed by atoms with Crippen LogP contribution in [0.5, 0.6) is 23.0 Å². The number of hydrogen-bond donors (Lipinski definition) is 2. The van der Waals surface area contributed by atoms with Gasteiger partial charge in [0.05, 0.1) is 0 Å². The molecule has 2 N–H and O–H groups in total. The van der Waals surface area contributed by atoms with Crippen LogP contribution < -0.4 is 18.9 Å². The highest BCUT2D eigenvalue weighted by molar-refractivity contribution is 5.94. The van der Waals surface area contributed by atoms with Gasteiger partial charge < -0.3 is 38.6 Å². The molecule has 2 rings (SSSR count). The molecule has 0 unspecified atom stereocenters. The van der Waals surface area contributed by atoms with E-state index in [1.54, 1.807) is 0 Å². The molecule has 0 aromatic heterocycles. The summed E-state index contributed by atoms with van der Waals surface area (Å²) in [7, 11) is 0. The third-order valence-corrected chi connectivity index (χ3v) is 5.02. The summed E-state index contributed by atoms with van der Waals surface area (Å²) in [5.41, 5.74) is 0.389. The van der Waals surface area contributed by atoms with Crippen molar-refractivity contribution in [1.82, 2.24) is 0 Å². The molecule has 2 aromatic carbocycles. The van der Waals surface area contributed by atoms with Crippen LogP contribution in [0.1, 0.15) is 38.8 Å². The number of carbonyl (C=O) groups is 8. The zero-order valence-corrected chi connectivity index (χ0v) is 24.5. The first-order valence-electron chi connectivity index (χ1n) is 12.8. The van der Waals surface area contributed by atoms with E-state index in [-0.39, 0.29) is 34.1 Å². The number of carboxylic acid groups (broad SMARTS) is 2. The Bertz CT molecular complexity index is 1500. The van der Waals surface area contributed by atoms with Crippen LogP contribution in [0.2, 0.25) is 0 Å². The fourth-order valence-electron chi connectivity index (χ4n) is 3.34. The molecule has 0 aliphatic carbocycles. The van der Waals surface area contributed by atoms with Gasteiger partial charge in [0, 0.05) is 39.8 Å². The molecule has 242 valence electrons.